The van der Waals surface area contributed by atoms with Gasteiger partial charge in [-0.15, -0.1) is 0 Å². The van der Waals surface area contributed by atoms with Gasteiger partial charge in [0, 0.05) is 12.7 Å². The molecular weight excluding hydrogens is 166 g/mol. The van der Waals surface area contributed by atoms with Gasteiger partial charge in [0.25, 0.3) is 5.91 Å². The maximum atomic E-state index is 11.0. The smallest absolute Gasteiger partial charge is 0.300 e. The lowest BCUT2D eigenvalue weighted by Gasteiger charge is -1.93. The van der Waals surface area contributed by atoms with Crippen molar-refractivity contribution in [3.05, 3.63) is 12.4 Å². The van der Waals surface area contributed by atoms with E-state index in [4.69, 9.17) is 0 Å². The van der Waals surface area contributed by atoms with Crippen LogP contribution >= 0.6 is 0 Å². The summed E-state index contributed by atoms with van der Waals surface area (Å²) in [5, 5.41) is 6.60. The maximum absolute atomic E-state index is 11.0. The van der Waals surface area contributed by atoms with E-state index in [0.29, 0.717) is 5.69 Å². The van der Waals surface area contributed by atoms with E-state index in [2.05, 4.69) is 22.3 Å². The average Bonchev–Trinajstić information content (AvgIpc) is 2.52. The third-order valence-electron chi connectivity index (χ3n) is 1.45. The minimum absolute atomic E-state index is 0.307. The first kappa shape index (κ1) is 9.33. The van der Waals surface area contributed by atoms with Crippen LogP contribution in [-0.4, -0.2) is 15.7 Å². The Balaban J connectivity index is 2.62. The van der Waals surface area contributed by atoms with Crippen molar-refractivity contribution in [2.24, 2.45) is 0 Å². The summed E-state index contributed by atoms with van der Waals surface area (Å²) in [4.78, 5) is 11.0. The van der Waals surface area contributed by atoms with Crippen LogP contribution in [-0.2, 0) is 11.3 Å². The molecule has 1 amide bonds. The van der Waals surface area contributed by atoms with Gasteiger partial charge in [0.05, 0.1) is 11.9 Å². The van der Waals surface area contributed by atoms with Gasteiger partial charge >= 0.3 is 0 Å². The summed E-state index contributed by atoms with van der Waals surface area (Å²) in [7, 11) is 0. The molecule has 1 rings (SSSR count). The molecule has 0 aromatic carbocycles. The highest BCUT2D eigenvalue weighted by Gasteiger charge is 1.99. The molecule has 0 fully saturated rings. The fraction of sp³-hybridized carbons (Fsp3) is 0.333. The summed E-state index contributed by atoms with van der Waals surface area (Å²) >= 11 is 0. The Labute approximate surface area is 76.9 Å². The molecular formula is C9H11N3O. The van der Waals surface area contributed by atoms with Gasteiger partial charge < -0.3 is 5.32 Å². The minimum atomic E-state index is -0.307. The van der Waals surface area contributed by atoms with Crippen LogP contribution in [0.15, 0.2) is 12.4 Å². The summed E-state index contributed by atoms with van der Waals surface area (Å²) in [5.74, 6) is 4.60. The maximum Gasteiger partial charge on any atom is 0.300 e. The van der Waals surface area contributed by atoms with Gasteiger partial charge in [0.2, 0.25) is 0 Å². The average molecular weight is 177 g/mol. The lowest BCUT2D eigenvalue weighted by Crippen LogP contribution is -2.07. The standard InChI is InChI=1S/C9H11N3O/c1-3-5-9(13)11-8-6-10-12(4-2)7-8/h6-7H,4H2,1-2H3,(H,11,13). The van der Waals surface area contributed by atoms with Crippen LogP contribution in [0, 0.1) is 11.8 Å². The molecule has 4 nitrogen and oxygen atoms in total. The third-order valence-corrected chi connectivity index (χ3v) is 1.45. The molecule has 1 heterocycles. The second-order valence-electron chi connectivity index (χ2n) is 2.41. The van der Waals surface area contributed by atoms with Crippen LogP contribution < -0.4 is 5.32 Å². The fourth-order valence-electron chi connectivity index (χ4n) is 0.877. The number of aromatic nitrogens is 2. The van der Waals surface area contributed by atoms with Crippen molar-refractivity contribution in [3.63, 3.8) is 0 Å². The van der Waals surface area contributed by atoms with E-state index in [1.54, 1.807) is 24.0 Å². The number of hydrogen-bond acceptors (Lipinski definition) is 2. The van der Waals surface area contributed by atoms with Crippen LogP contribution in [0.5, 0.6) is 0 Å². The van der Waals surface area contributed by atoms with E-state index in [-0.39, 0.29) is 5.91 Å². The van der Waals surface area contributed by atoms with E-state index in [1.165, 1.54) is 0 Å². The molecule has 0 bridgehead atoms. The Bertz CT molecular complexity index is 356. The zero-order valence-electron chi connectivity index (χ0n) is 7.66. The molecule has 68 valence electrons. The number of carbonyl (C=O) groups excluding carboxylic acids is 1. The molecule has 1 N–H and O–H groups in total. The largest absolute Gasteiger partial charge is 0.312 e. The predicted octanol–water partition coefficient (Wildman–Crippen LogP) is 0.865. The third kappa shape index (κ3) is 2.64. The van der Waals surface area contributed by atoms with Crippen LogP contribution in [0.25, 0.3) is 0 Å². The quantitative estimate of drug-likeness (QED) is 0.681. The number of carbonyl (C=O) groups is 1. The summed E-state index contributed by atoms with van der Waals surface area (Å²) in [6, 6.07) is 0. The Kier molecular flexibility index (Phi) is 3.09. The van der Waals surface area contributed by atoms with E-state index in [9.17, 15) is 4.79 Å². The van der Waals surface area contributed by atoms with Crippen molar-refractivity contribution in [1.82, 2.24) is 9.78 Å². The van der Waals surface area contributed by atoms with Gasteiger partial charge in [-0.25, -0.2) is 0 Å². The summed E-state index contributed by atoms with van der Waals surface area (Å²) in [6.07, 6.45) is 3.36. The van der Waals surface area contributed by atoms with E-state index in [1.807, 2.05) is 6.92 Å². The van der Waals surface area contributed by atoms with Crippen molar-refractivity contribution in [3.8, 4) is 11.8 Å². The molecule has 0 saturated heterocycles. The number of anilines is 1. The van der Waals surface area contributed by atoms with Crippen molar-refractivity contribution >= 4 is 11.6 Å². The molecule has 0 spiro atoms. The second-order valence-corrected chi connectivity index (χ2v) is 2.41. The number of nitrogens with one attached hydrogen (secondary N) is 1. The second kappa shape index (κ2) is 4.31. The molecule has 0 atom stereocenters. The van der Waals surface area contributed by atoms with Gasteiger partial charge in [-0.2, -0.15) is 5.10 Å². The molecule has 1 aromatic rings. The number of aryl methyl sites for hydroxylation is 1. The Morgan fingerprint density at radius 2 is 2.54 bits per heavy atom. The molecule has 0 aliphatic heterocycles. The van der Waals surface area contributed by atoms with Gasteiger partial charge in [-0.05, 0) is 19.8 Å². The van der Waals surface area contributed by atoms with E-state index < -0.39 is 0 Å². The summed E-state index contributed by atoms with van der Waals surface area (Å²) in [6.45, 7) is 4.38. The minimum Gasteiger partial charge on any atom is -0.312 e. The van der Waals surface area contributed by atoms with Crippen LogP contribution in [0.1, 0.15) is 13.8 Å². The Morgan fingerprint density at radius 1 is 1.77 bits per heavy atom. The Morgan fingerprint density at radius 3 is 3.08 bits per heavy atom. The van der Waals surface area contributed by atoms with Crippen LogP contribution in [0.4, 0.5) is 5.69 Å². The molecule has 0 aliphatic rings. The van der Waals surface area contributed by atoms with E-state index >= 15 is 0 Å². The molecule has 13 heavy (non-hydrogen) atoms. The predicted molar refractivity (Wildman–Crippen MR) is 50.0 cm³/mol. The zero-order chi connectivity index (χ0) is 9.68. The van der Waals surface area contributed by atoms with E-state index in [0.717, 1.165) is 6.54 Å². The van der Waals surface area contributed by atoms with Gasteiger partial charge in [-0.1, -0.05) is 5.92 Å². The molecule has 0 radical (unpaired) electrons. The molecule has 1 aromatic heterocycles. The number of amides is 1. The molecule has 0 saturated carbocycles. The monoisotopic (exact) mass is 177 g/mol. The summed E-state index contributed by atoms with van der Waals surface area (Å²) in [5.41, 5.74) is 0.676. The van der Waals surface area contributed by atoms with Crippen LogP contribution in [0.2, 0.25) is 0 Å². The number of rotatable bonds is 2. The van der Waals surface area contributed by atoms with Crippen molar-refractivity contribution in [2.45, 2.75) is 20.4 Å². The number of hydrogen-bond donors (Lipinski definition) is 1. The van der Waals surface area contributed by atoms with Crippen LogP contribution in [0.3, 0.4) is 0 Å². The molecule has 0 unspecified atom stereocenters. The first-order valence-electron chi connectivity index (χ1n) is 4.02. The Hall–Kier alpha value is -1.76. The fourth-order valence-corrected chi connectivity index (χ4v) is 0.877. The normalized spacial score (nSPS) is 8.77. The van der Waals surface area contributed by atoms with Crippen molar-refractivity contribution < 1.29 is 4.79 Å². The van der Waals surface area contributed by atoms with Gasteiger partial charge in [0.15, 0.2) is 0 Å². The molecule has 4 heteroatoms. The first-order valence-corrected chi connectivity index (χ1v) is 4.02. The topological polar surface area (TPSA) is 46.9 Å². The van der Waals surface area contributed by atoms with Gasteiger partial charge in [-0.3, -0.25) is 9.48 Å². The number of nitrogens with zero attached hydrogens (tertiary/aromatic N) is 2. The zero-order valence-corrected chi connectivity index (χ0v) is 7.66. The van der Waals surface area contributed by atoms with Crippen molar-refractivity contribution in [2.75, 3.05) is 5.32 Å². The lowest BCUT2D eigenvalue weighted by atomic mass is 10.5. The highest BCUT2D eigenvalue weighted by atomic mass is 16.1. The lowest BCUT2D eigenvalue weighted by molar-refractivity contribution is -0.111. The summed E-state index contributed by atoms with van der Waals surface area (Å²) < 4.78 is 1.73. The van der Waals surface area contributed by atoms with Crippen molar-refractivity contribution in [1.29, 1.82) is 0 Å². The first-order chi connectivity index (χ1) is 6.26. The highest BCUT2D eigenvalue weighted by Crippen LogP contribution is 2.03. The highest BCUT2D eigenvalue weighted by molar-refractivity contribution is 6.03. The molecule has 0 aliphatic carbocycles. The SMILES string of the molecule is CC#CC(=O)Nc1cnn(CC)c1. The van der Waals surface area contributed by atoms with Gasteiger partial charge in [0.1, 0.15) is 0 Å².